The SMILES string of the molecule is CN(C)c1ccc(/C=C(/NC(=O)c2ccccc2)C(=O)Nc2cccc(SCC(=O)Nc3ccc(O)c(C(=O)O)c3)c2)cc1. The second-order valence-corrected chi connectivity index (χ2v) is 10.8. The van der Waals surface area contributed by atoms with Crippen molar-refractivity contribution in [3.05, 3.63) is 119 Å². The highest BCUT2D eigenvalue weighted by Crippen LogP contribution is 2.24. The van der Waals surface area contributed by atoms with Crippen molar-refractivity contribution in [1.29, 1.82) is 0 Å². The van der Waals surface area contributed by atoms with Crippen molar-refractivity contribution in [3.8, 4) is 5.75 Å². The second kappa shape index (κ2) is 14.6. The average Bonchev–Trinajstić information content (AvgIpc) is 3.01. The van der Waals surface area contributed by atoms with Crippen LogP contribution in [0.3, 0.4) is 0 Å². The molecule has 0 fully saturated rings. The molecule has 0 saturated carbocycles. The number of aromatic carboxylic acids is 1. The molecule has 10 nitrogen and oxygen atoms in total. The number of carbonyl (C=O) groups excluding carboxylic acids is 3. The van der Waals surface area contributed by atoms with Crippen LogP contribution in [0.2, 0.25) is 0 Å². The van der Waals surface area contributed by atoms with Crippen LogP contribution in [0.25, 0.3) is 6.08 Å². The van der Waals surface area contributed by atoms with Crippen molar-refractivity contribution < 1.29 is 29.4 Å². The van der Waals surface area contributed by atoms with E-state index in [1.54, 1.807) is 60.7 Å². The molecular weight excluding hydrogens is 580 g/mol. The molecule has 0 aliphatic heterocycles. The van der Waals surface area contributed by atoms with E-state index >= 15 is 0 Å². The number of nitrogens with one attached hydrogen (secondary N) is 3. The number of benzene rings is 4. The predicted octanol–water partition coefficient (Wildman–Crippen LogP) is 5.30. The molecule has 5 N–H and O–H groups in total. The molecule has 0 bridgehead atoms. The number of hydrogen-bond acceptors (Lipinski definition) is 7. The van der Waals surface area contributed by atoms with E-state index in [1.807, 2.05) is 43.3 Å². The number of rotatable bonds is 11. The number of anilines is 3. The molecule has 0 spiro atoms. The number of aromatic hydroxyl groups is 1. The third kappa shape index (κ3) is 8.73. The molecule has 44 heavy (non-hydrogen) atoms. The van der Waals surface area contributed by atoms with Crippen molar-refractivity contribution in [3.63, 3.8) is 0 Å². The van der Waals surface area contributed by atoms with Gasteiger partial charge in [0.25, 0.3) is 11.8 Å². The van der Waals surface area contributed by atoms with E-state index in [9.17, 15) is 24.3 Å². The van der Waals surface area contributed by atoms with Crippen LogP contribution in [0, 0.1) is 0 Å². The van der Waals surface area contributed by atoms with Gasteiger partial charge < -0.3 is 31.1 Å². The summed E-state index contributed by atoms with van der Waals surface area (Å²) in [5, 5.41) is 27.0. The number of amides is 3. The Bertz CT molecular complexity index is 1710. The number of hydrogen-bond donors (Lipinski definition) is 5. The number of phenols is 1. The monoisotopic (exact) mass is 610 g/mol. The summed E-state index contributed by atoms with van der Waals surface area (Å²) < 4.78 is 0. The van der Waals surface area contributed by atoms with Crippen LogP contribution in [0.5, 0.6) is 5.75 Å². The maximum atomic E-state index is 13.4. The Morgan fingerprint density at radius 3 is 2.20 bits per heavy atom. The third-order valence-corrected chi connectivity index (χ3v) is 7.22. The number of thioether (sulfide) groups is 1. The largest absolute Gasteiger partial charge is 0.507 e. The maximum absolute atomic E-state index is 13.4. The second-order valence-electron chi connectivity index (χ2n) is 9.72. The Labute approximate surface area is 258 Å². The average molecular weight is 611 g/mol. The van der Waals surface area contributed by atoms with Crippen molar-refractivity contribution in [2.75, 3.05) is 35.4 Å². The summed E-state index contributed by atoms with van der Waals surface area (Å²) in [5.74, 6) is -3.07. The van der Waals surface area contributed by atoms with E-state index < -0.39 is 23.5 Å². The lowest BCUT2D eigenvalue weighted by atomic mass is 10.1. The minimum Gasteiger partial charge on any atom is -0.507 e. The van der Waals surface area contributed by atoms with Gasteiger partial charge in [0.15, 0.2) is 0 Å². The van der Waals surface area contributed by atoms with Gasteiger partial charge in [-0.25, -0.2) is 4.79 Å². The van der Waals surface area contributed by atoms with Crippen molar-refractivity contribution in [2.24, 2.45) is 0 Å². The minimum absolute atomic E-state index is 0.00190. The highest BCUT2D eigenvalue weighted by molar-refractivity contribution is 8.00. The van der Waals surface area contributed by atoms with Gasteiger partial charge in [-0.2, -0.15) is 0 Å². The van der Waals surface area contributed by atoms with Crippen molar-refractivity contribution in [1.82, 2.24) is 5.32 Å². The predicted molar refractivity (Wildman–Crippen MR) is 172 cm³/mol. The van der Waals surface area contributed by atoms with Crippen LogP contribution >= 0.6 is 11.8 Å². The van der Waals surface area contributed by atoms with Gasteiger partial charge in [-0.15, -0.1) is 11.8 Å². The van der Waals surface area contributed by atoms with E-state index in [2.05, 4.69) is 16.0 Å². The van der Waals surface area contributed by atoms with E-state index in [0.717, 1.165) is 5.69 Å². The summed E-state index contributed by atoms with van der Waals surface area (Å²) in [6, 6.07) is 26.7. The molecule has 0 aliphatic carbocycles. The Morgan fingerprint density at radius 2 is 1.52 bits per heavy atom. The van der Waals surface area contributed by atoms with Crippen LogP contribution in [0.4, 0.5) is 17.1 Å². The maximum Gasteiger partial charge on any atom is 0.339 e. The normalized spacial score (nSPS) is 10.9. The molecule has 4 aromatic carbocycles. The lowest BCUT2D eigenvalue weighted by molar-refractivity contribution is -0.114. The Balaban J connectivity index is 1.45. The van der Waals surface area contributed by atoms with Gasteiger partial charge in [0, 0.05) is 41.6 Å². The topological polar surface area (TPSA) is 148 Å². The van der Waals surface area contributed by atoms with E-state index in [1.165, 1.54) is 30.0 Å². The lowest BCUT2D eigenvalue weighted by Crippen LogP contribution is -2.30. The van der Waals surface area contributed by atoms with Crippen LogP contribution < -0.4 is 20.9 Å². The molecule has 11 heteroatoms. The molecule has 0 saturated heterocycles. The smallest absolute Gasteiger partial charge is 0.339 e. The van der Waals surface area contributed by atoms with Crippen molar-refractivity contribution in [2.45, 2.75) is 4.90 Å². The fraction of sp³-hybridized carbons (Fsp3) is 0.0909. The zero-order chi connectivity index (χ0) is 31.6. The lowest BCUT2D eigenvalue weighted by Gasteiger charge is -2.14. The minimum atomic E-state index is -1.31. The zero-order valence-electron chi connectivity index (χ0n) is 23.9. The molecule has 224 valence electrons. The third-order valence-electron chi connectivity index (χ3n) is 6.22. The first kappa shape index (κ1) is 31.4. The van der Waals surface area contributed by atoms with Crippen LogP contribution in [-0.2, 0) is 9.59 Å². The molecule has 0 aromatic heterocycles. The molecule has 4 rings (SSSR count). The van der Waals surface area contributed by atoms with Gasteiger partial charge in [0.2, 0.25) is 5.91 Å². The Hall–Kier alpha value is -5.55. The van der Waals surface area contributed by atoms with Crippen LogP contribution in [0.15, 0.2) is 108 Å². The highest BCUT2D eigenvalue weighted by Gasteiger charge is 2.16. The number of carbonyl (C=O) groups is 4. The van der Waals surface area contributed by atoms with Gasteiger partial charge in [-0.05, 0) is 72.3 Å². The number of carboxylic acids is 1. The number of carboxylic acid groups (broad SMARTS) is 1. The van der Waals surface area contributed by atoms with E-state index in [0.29, 0.717) is 21.7 Å². The van der Waals surface area contributed by atoms with Gasteiger partial charge in [0.05, 0.1) is 5.75 Å². The van der Waals surface area contributed by atoms with Crippen LogP contribution in [0.1, 0.15) is 26.3 Å². The first-order valence-corrected chi connectivity index (χ1v) is 14.3. The molecular formula is C33H30N4O6S. The molecule has 0 atom stereocenters. The fourth-order valence-corrected chi connectivity index (χ4v) is 4.73. The Morgan fingerprint density at radius 1 is 0.818 bits per heavy atom. The van der Waals surface area contributed by atoms with Crippen molar-refractivity contribution >= 4 is 58.6 Å². The first-order valence-electron chi connectivity index (χ1n) is 13.3. The van der Waals surface area contributed by atoms with E-state index in [4.69, 9.17) is 5.11 Å². The standard InChI is InChI=1S/C33H30N4O6S/c1-37(2)25-14-11-21(12-15-25)17-28(36-31(40)22-7-4-3-5-8-22)32(41)35-23-9-6-10-26(18-23)44-20-30(39)34-24-13-16-29(38)27(19-24)33(42)43/h3-19,38H,20H2,1-2H3,(H,34,39)(H,35,41)(H,36,40)(H,42,43)/b28-17+. The summed E-state index contributed by atoms with van der Waals surface area (Å²) in [6.07, 6.45) is 1.59. The summed E-state index contributed by atoms with van der Waals surface area (Å²) >= 11 is 1.21. The van der Waals surface area contributed by atoms with E-state index in [-0.39, 0.29) is 28.6 Å². The summed E-state index contributed by atoms with van der Waals surface area (Å²) in [5.41, 5.74) is 2.51. The quantitative estimate of drug-likeness (QED) is 0.0874. The summed E-state index contributed by atoms with van der Waals surface area (Å²) in [4.78, 5) is 52.7. The van der Waals surface area contributed by atoms with Gasteiger partial charge in [0.1, 0.15) is 17.0 Å². The number of nitrogens with zero attached hydrogens (tertiary/aromatic N) is 1. The molecule has 4 aromatic rings. The molecule has 0 heterocycles. The highest BCUT2D eigenvalue weighted by atomic mass is 32.2. The van der Waals surface area contributed by atoms with Crippen LogP contribution in [-0.4, -0.2) is 53.8 Å². The van der Waals surface area contributed by atoms with Gasteiger partial charge in [-0.3, -0.25) is 14.4 Å². The molecule has 3 amide bonds. The molecule has 0 unspecified atom stereocenters. The first-order chi connectivity index (χ1) is 21.1. The molecule has 0 aliphatic rings. The van der Waals surface area contributed by atoms with Gasteiger partial charge in [-0.1, -0.05) is 36.4 Å². The zero-order valence-corrected chi connectivity index (χ0v) is 24.7. The summed E-state index contributed by atoms with van der Waals surface area (Å²) in [6.45, 7) is 0. The summed E-state index contributed by atoms with van der Waals surface area (Å²) in [7, 11) is 3.85. The Kier molecular flexibility index (Phi) is 10.4. The van der Waals surface area contributed by atoms with Gasteiger partial charge >= 0.3 is 5.97 Å². The molecule has 0 radical (unpaired) electrons. The fourth-order valence-electron chi connectivity index (χ4n) is 3.97.